The standard InChI is InChI=1S/C19H29N3O3S/c1-20-14-16(26(24,25)21-10-4-5-11-21)13-18(20)19(23)22-12-6-8-15-7-2-3-9-17(15)22/h13-15,17H,2-12H2,1H3. The molecule has 7 heteroatoms. The number of hydrogen-bond donors (Lipinski definition) is 0. The first-order valence-electron chi connectivity index (χ1n) is 9.96. The number of amides is 1. The molecule has 2 saturated heterocycles. The Hall–Kier alpha value is -1.34. The van der Waals surface area contributed by atoms with Gasteiger partial charge in [0.15, 0.2) is 0 Å². The maximum Gasteiger partial charge on any atom is 0.270 e. The van der Waals surface area contributed by atoms with Crippen LogP contribution in [0.25, 0.3) is 0 Å². The van der Waals surface area contributed by atoms with Crippen LogP contribution in [0, 0.1) is 5.92 Å². The molecule has 26 heavy (non-hydrogen) atoms. The molecule has 144 valence electrons. The van der Waals surface area contributed by atoms with Crippen molar-refractivity contribution in [2.45, 2.75) is 62.3 Å². The third kappa shape index (κ3) is 3.09. The molecule has 0 bridgehead atoms. The average Bonchev–Trinajstić information content (AvgIpc) is 3.31. The highest BCUT2D eigenvalue weighted by Gasteiger charge is 2.37. The van der Waals surface area contributed by atoms with Gasteiger partial charge in [0, 0.05) is 38.9 Å². The molecular weight excluding hydrogens is 350 g/mol. The fourth-order valence-corrected chi connectivity index (χ4v) is 6.58. The van der Waals surface area contributed by atoms with Gasteiger partial charge in [0.05, 0.1) is 0 Å². The number of likely N-dealkylation sites (tertiary alicyclic amines) is 1. The van der Waals surface area contributed by atoms with E-state index in [4.69, 9.17) is 0 Å². The Balaban J connectivity index is 1.59. The zero-order valence-electron chi connectivity index (χ0n) is 15.6. The molecule has 0 N–H and O–H groups in total. The highest BCUT2D eigenvalue weighted by Crippen LogP contribution is 2.36. The van der Waals surface area contributed by atoms with Gasteiger partial charge in [0.1, 0.15) is 10.6 Å². The SMILES string of the molecule is Cn1cc(S(=O)(=O)N2CCCC2)cc1C(=O)N1CCCC2CCCCC21. The molecule has 3 heterocycles. The quantitative estimate of drug-likeness (QED) is 0.811. The van der Waals surface area contributed by atoms with Crippen LogP contribution in [0.15, 0.2) is 17.2 Å². The van der Waals surface area contributed by atoms with E-state index in [-0.39, 0.29) is 10.8 Å². The maximum atomic E-state index is 13.2. The number of carbonyl (C=O) groups excluding carboxylic acids is 1. The highest BCUT2D eigenvalue weighted by atomic mass is 32.2. The fraction of sp³-hybridized carbons (Fsp3) is 0.737. The largest absolute Gasteiger partial charge is 0.345 e. The van der Waals surface area contributed by atoms with E-state index in [0.29, 0.717) is 30.7 Å². The molecule has 0 spiro atoms. The van der Waals surface area contributed by atoms with Crippen LogP contribution in [0.1, 0.15) is 61.9 Å². The van der Waals surface area contributed by atoms with Gasteiger partial charge in [-0.05, 0) is 50.5 Å². The number of piperidine rings is 1. The Kier molecular flexibility index (Phi) is 4.86. The Bertz CT molecular complexity index is 778. The molecular formula is C19H29N3O3S. The van der Waals surface area contributed by atoms with Crippen molar-refractivity contribution in [3.8, 4) is 0 Å². The molecule has 4 rings (SSSR count). The summed E-state index contributed by atoms with van der Waals surface area (Å²) < 4.78 is 28.9. The van der Waals surface area contributed by atoms with Crippen LogP contribution < -0.4 is 0 Å². The summed E-state index contributed by atoms with van der Waals surface area (Å²) in [4.78, 5) is 15.5. The van der Waals surface area contributed by atoms with Crippen LogP contribution in [0.5, 0.6) is 0 Å². The van der Waals surface area contributed by atoms with Gasteiger partial charge < -0.3 is 9.47 Å². The summed E-state index contributed by atoms with van der Waals surface area (Å²) in [7, 11) is -1.71. The van der Waals surface area contributed by atoms with Crippen molar-refractivity contribution in [1.82, 2.24) is 13.8 Å². The van der Waals surface area contributed by atoms with Crippen LogP contribution in [0.3, 0.4) is 0 Å². The van der Waals surface area contributed by atoms with E-state index < -0.39 is 10.0 Å². The summed E-state index contributed by atoms with van der Waals surface area (Å²) in [6.45, 7) is 1.95. The van der Waals surface area contributed by atoms with Gasteiger partial charge in [0.2, 0.25) is 10.0 Å². The first-order chi connectivity index (χ1) is 12.5. The van der Waals surface area contributed by atoms with E-state index in [2.05, 4.69) is 0 Å². The minimum Gasteiger partial charge on any atom is -0.345 e. The lowest BCUT2D eigenvalue weighted by Gasteiger charge is -2.44. The van der Waals surface area contributed by atoms with E-state index in [1.807, 2.05) is 4.90 Å². The smallest absolute Gasteiger partial charge is 0.270 e. The third-order valence-corrected chi connectivity index (χ3v) is 8.27. The van der Waals surface area contributed by atoms with E-state index in [9.17, 15) is 13.2 Å². The highest BCUT2D eigenvalue weighted by molar-refractivity contribution is 7.89. The second-order valence-electron chi connectivity index (χ2n) is 8.04. The number of nitrogens with zero attached hydrogens (tertiary/aromatic N) is 3. The fourth-order valence-electron chi connectivity index (χ4n) is 4.99. The van der Waals surface area contributed by atoms with Crippen molar-refractivity contribution >= 4 is 15.9 Å². The van der Waals surface area contributed by atoms with E-state index in [1.165, 1.54) is 30.0 Å². The zero-order valence-corrected chi connectivity index (χ0v) is 16.4. The Labute approximate surface area is 156 Å². The predicted molar refractivity (Wildman–Crippen MR) is 99.4 cm³/mol. The number of carbonyl (C=O) groups is 1. The van der Waals surface area contributed by atoms with E-state index >= 15 is 0 Å². The molecule has 3 fully saturated rings. The number of sulfonamides is 1. The molecule has 6 nitrogen and oxygen atoms in total. The van der Waals surface area contributed by atoms with E-state index in [1.54, 1.807) is 23.9 Å². The molecule has 3 aliphatic rings. The molecule has 0 aromatic carbocycles. The molecule has 1 saturated carbocycles. The number of fused-ring (bicyclic) bond motifs is 1. The normalized spacial score (nSPS) is 27.5. The summed E-state index contributed by atoms with van der Waals surface area (Å²) >= 11 is 0. The minimum absolute atomic E-state index is 0.00743. The molecule has 1 amide bonds. The monoisotopic (exact) mass is 379 g/mol. The summed E-state index contributed by atoms with van der Waals surface area (Å²) in [5, 5.41) is 0. The van der Waals surface area contributed by atoms with Gasteiger partial charge in [-0.1, -0.05) is 12.8 Å². The number of aromatic nitrogens is 1. The Morgan fingerprint density at radius 3 is 2.46 bits per heavy atom. The van der Waals surface area contributed by atoms with Gasteiger partial charge in [-0.3, -0.25) is 4.79 Å². The number of hydrogen-bond acceptors (Lipinski definition) is 3. The van der Waals surface area contributed by atoms with Gasteiger partial charge in [0.25, 0.3) is 5.91 Å². The first-order valence-corrected chi connectivity index (χ1v) is 11.4. The van der Waals surface area contributed by atoms with Crippen molar-refractivity contribution in [2.24, 2.45) is 13.0 Å². The van der Waals surface area contributed by atoms with Crippen molar-refractivity contribution in [3.63, 3.8) is 0 Å². The topological polar surface area (TPSA) is 62.6 Å². The van der Waals surface area contributed by atoms with E-state index in [0.717, 1.165) is 32.2 Å². The van der Waals surface area contributed by atoms with Crippen molar-refractivity contribution in [3.05, 3.63) is 18.0 Å². The third-order valence-electron chi connectivity index (χ3n) is 6.41. The number of aryl methyl sites for hydroxylation is 1. The van der Waals surface area contributed by atoms with Crippen molar-refractivity contribution in [1.29, 1.82) is 0 Å². The summed E-state index contributed by atoms with van der Waals surface area (Å²) in [5.41, 5.74) is 0.494. The zero-order chi connectivity index (χ0) is 18.3. The lowest BCUT2D eigenvalue weighted by Crippen LogP contribution is -2.50. The lowest BCUT2D eigenvalue weighted by molar-refractivity contribution is 0.0382. The van der Waals surface area contributed by atoms with Crippen LogP contribution in [-0.2, 0) is 17.1 Å². The summed E-state index contributed by atoms with van der Waals surface area (Å²) in [5.74, 6) is 0.612. The lowest BCUT2D eigenvalue weighted by atomic mass is 9.78. The average molecular weight is 380 g/mol. The van der Waals surface area contributed by atoms with Crippen LogP contribution >= 0.6 is 0 Å². The van der Waals surface area contributed by atoms with Gasteiger partial charge in [-0.25, -0.2) is 8.42 Å². The number of rotatable bonds is 3. The maximum absolute atomic E-state index is 13.2. The second kappa shape index (κ2) is 7.00. The second-order valence-corrected chi connectivity index (χ2v) is 9.97. The predicted octanol–water partition coefficient (Wildman–Crippen LogP) is 2.60. The van der Waals surface area contributed by atoms with Crippen LogP contribution in [-0.4, -0.2) is 53.8 Å². The summed E-state index contributed by atoms with van der Waals surface area (Å²) in [6, 6.07) is 1.92. The van der Waals surface area contributed by atoms with Crippen molar-refractivity contribution < 1.29 is 13.2 Å². The molecule has 2 unspecified atom stereocenters. The van der Waals surface area contributed by atoms with Crippen LogP contribution in [0.4, 0.5) is 0 Å². The summed E-state index contributed by atoms with van der Waals surface area (Å²) in [6.07, 6.45) is 10.5. The molecule has 1 aliphatic carbocycles. The Morgan fingerprint density at radius 2 is 1.69 bits per heavy atom. The van der Waals surface area contributed by atoms with Gasteiger partial charge in [-0.2, -0.15) is 4.31 Å². The molecule has 2 atom stereocenters. The van der Waals surface area contributed by atoms with Gasteiger partial charge in [-0.15, -0.1) is 0 Å². The molecule has 1 aromatic rings. The van der Waals surface area contributed by atoms with Crippen LogP contribution in [0.2, 0.25) is 0 Å². The first kappa shape index (κ1) is 18.0. The Morgan fingerprint density at radius 1 is 1.00 bits per heavy atom. The van der Waals surface area contributed by atoms with Crippen molar-refractivity contribution in [2.75, 3.05) is 19.6 Å². The molecule has 0 radical (unpaired) electrons. The van der Waals surface area contributed by atoms with Gasteiger partial charge >= 0.3 is 0 Å². The molecule has 2 aliphatic heterocycles. The molecule has 1 aromatic heterocycles. The minimum atomic E-state index is -3.49.